The van der Waals surface area contributed by atoms with Crippen molar-refractivity contribution in [1.29, 1.82) is 0 Å². The maximum atomic E-state index is 11.7. The van der Waals surface area contributed by atoms with E-state index in [2.05, 4.69) is 26.6 Å². The lowest BCUT2D eigenvalue weighted by Gasteiger charge is -2.07. The molecule has 0 aliphatic carbocycles. The Balaban J connectivity index is 2.01. The molecular weight excluding hydrogens is 344 g/mol. The average molecular weight is 354 g/mol. The van der Waals surface area contributed by atoms with Crippen molar-refractivity contribution in [2.75, 3.05) is 10.6 Å². The van der Waals surface area contributed by atoms with Crippen molar-refractivity contribution in [2.24, 2.45) is 0 Å². The van der Waals surface area contributed by atoms with E-state index in [1.165, 1.54) is 0 Å². The molecule has 0 saturated heterocycles. The van der Waals surface area contributed by atoms with Gasteiger partial charge in [-0.05, 0) is 36.4 Å². The summed E-state index contributed by atoms with van der Waals surface area (Å²) in [5, 5.41) is 5.46. The maximum absolute atomic E-state index is 11.7. The molecule has 20 heavy (non-hydrogen) atoms. The topological polar surface area (TPSA) is 58.2 Å². The summed E-state index contributed by atoms with van der Waals surface area (Å²) in [7, 11) is 0. The molecule has 0 bridgehead atoms. The van der Waals surface area contributed by atoms with Gasteiger partial charge in [0.2, 0.25) is 0 Å². The molecular formula is C14H10BrClN2O2. The van der Waals surface area contributed by atoms with Gasteiger partial charge in [-0.3, -0.25) is 9.59 Å². The van der Waals surface area contributed by atoms with Gasteiger partial charge in [0.05, 0.1) is 0 Å². The van der Waals surface area contributed by atoms with Crippen LogP contribution in [0.5, 0.6) is 0 Å². The van der Waals surface area contributed by atoms with Crippen molar-refractivity contribution >= 4 is 50.7 Å². The molecule has 6 heteroatoms. The van der Waals surface area contributed by atoms with Crippen LogP contribution in [0.15, 0.2) is 53.0 Å². The number of nitrogens with one attached hydrogen (secondary N) is 2. The zero-order chi connectivity index (χ0) is 14.5. The number of halogens is 2. The molecule has 0 heterocycles. The van der Waals surface area contributed by atoms with Crippen molar-refractivity contribution in [3.63, 3.8) is 0 Å². The smallest absolute Gasteiger partial charge is 0.314 e. The molecule has 0 radical (unpaired) electrons. The summed E-state index contributed by atoms with van der Waals surface area (Å²) in [6.07, 6.45) is 0. The largest absolute Gasteiger partial charge is 0.318 e. The SMILES string of the molecule is O=C(Nc1cccc(Cl)c1)C(=O)Nc1cccc(Br)c1. The molecule has 0 unspecified atom stereocenters. The molecule has 0 saturated carbocycles. The lowest BCUT2D eigenvalue weighted by molar-refractivity contribution is -0.132. The number of hydrogen-bond donors (Lipinski definition) is 2. The monoisotopic (exact) mass is 352 g/mol. The summed E-state index contributed by atoms with van der Waals surface area (Å²) in [4.78, 5) is 23.5. The van der Waals surface area contributed by atoms with Crippen LogP contribution in [-0.2, 0) is 9.59 Å². The van der Waals surface area contributed by atoms with Crippen LogP contribution in [0, 0.1) is 0 Å². The quantitative estimate of drug-likeness (QED) is 0.809. The standard InChI is InChI=1S/C14H10BrClN2O2/c15-9-3-1-5-11(7-9)17-13(19)14(20)18-12-6-2-4-10(16)8-12/h1-8H,(H,17,19)(H,18,20). The summed E-state index contributed by atoms with van der Waals surface area (Å²) in [5.41, 5.74) is 0.998. The van der Waals surface area contributed by atoms with Crippen LogP contribution in [0.3, 0.4) is 0 Å². The third kappa shape index (κ3) is 4.08. The van der Waals surface area contributed by atoms with E-state index in [-0.39, 0.29) is 0 Å². The Hall–Kier alpha value is -1.85. The number of hydrogen-bond acceptors (Lipinski definition) is 2. The van der Waals surface area contributed by atoms with Crippen LogP contribution < -0.4 is 10.6 Å². The van der Waals surface area contributed by atoms with Gasteiger partial charge in [-0.2, -0.15) is 0 Å². The van der Waals surface area contributed by atoms with E-state index >= 15 is 0 Å². The highest BCUT2D eigenvalue weighted by atomic mass is 79.9. The van der Waals surface area contributed by atoms with Gasteiger partial charge in [0.15, 0.2) is 0 Å². The zero-order valence-corrected chi connectivity index (χ0v) is 12.5. The van der Waals surface area contributed by atoms with Crippen LogP contribution in [-0.4, -0.2) is 11.8 Å². The molecule has 2 amide bonds. The van der Waals surface area contributed by atoms with Crippen molar-refractivity contribution < 1.29 is 9.59 Å². The third-order valence-corrected chi connectivity index (χ3v) is 3.10. The van der Waals surface area contributed by atoms with E-state index in [0.29, 0.717) is 16.4 Å². The lowest BCUT2D eigenvalue weighted by atomic mass is 10.3. The second kappa shape index (κ2) is 6.54. The molecule has 0 aliphatic heterocycles. The first-order chi connectivity index (χ1) is 9.54. The Morgan fingerprint density at radius 2 is 1.45 bits per heavy atom. The van der Waals surface area contributed by atoms with E-state index in [1.54, 1.807) is 42.5 Å². The summed E-state index contributed by atoms with van der Waals surface area (Å²) >= 11 is 9.08. The maximum Gasteiger partial charge on any atom is 0.314 e. The average Bonchev–Trinajstić information content (AvgIpc) is 2.38. The fraction of sp³-hybridized carbons (Fsp3) is 0. The second-order valence-electron chi connectivity index (χ2n) is 3.93. The fourth-order valence-corrected chi connectivity index (χ4v) is 2.10. The third-order valence-electron chi connectivity index (χ3n) is 2.37. The normalized spacial score (nSPS) is 9.90. The van der Waals surface area contributed by atoms with Crippen molar-refractivity contribution in [3.05, 3.63) is 58.0 Å². The molecule has 4 nitrogen and oxygen atoms in total. The summed E-state index contributed by atoms with van der Waals surface area (Å²) in [6, 6.07) is 13.5. The van der Waals surface area contributed by atoms with Crippen LogP contribution in [0.25, 0.3) is 0 Å². The van der Waals surface area contributed by atoms with Gasteiger partial charge >= 0.3 is 11.8 Å². The Kier molecular flexibility index (Phi) is 4.76. The van der Waals surface area contributed by atoms with Gasteiger partial charge < -0.3 is 10.6 Å². The lowest BCUT2D eigenvalue weighted by Crippen LogP contribution is -2.29. The molecule has 0 aromatic heterocycles. The predicted octanol–water partition coefficient (Wildman–Crippen LogP) is 3.68. The highest BCUT2D eigenvalue weighted by molar-refractivity contribution is 9.10. The summed E-state index contributed by atoms with van der Waals surface area (Å²) in [5.74, 6) is -1.50. The van der Waals surface area contributed by atoms with Gasteiger partial charge in [-0.1, -0.05) is 39.7 Å². The van der Waals surface area contributed by atoms with Crippen molar-refractivity contribution in [1.82, 2.24) is 0 Å². The van der Waals surface area contributed by atoms with Crippen LogP contribution >= 0.6 is 27.5 Å². The minimum Gasteiger partial charge on any atom is -0.318 e. The number of benzene rings is 2. The molecule has 2 aromatic carbocycles. The predicted molar refractivity (Wildman–Crippen MR) is 82.9 cm³/mol. The number of amides is 2. The van der Waals surface area contributed by atoms with Gasteiger partial charge in [0, 0.05) is 20.9 Å². The summed E-state index contributed by atoms with van der Waals surface area (Å²) in [6.45, 7) is 0. The Morgan fingerprint density at radius 3 is 2.00 bits per heavy atom. The Morgan fingerprint density at radius 1 is 0.900 bits per heavy atom. The zero-order valence-electron chi connectivity index (χ0n) is 10.2. The molecule has 102 valence electrons. The first-order valence-corrected chi connectivity index (χ1v) is 6.85. The minimum absolute atomic E-state index is 0.465. The van der Waals surface area contributed by atoms with E-state index in [4.69, 9.17) is 11.6 Å². The fourth-order valence-electron chi connectivity index (χ4n) is 1.51. The van der Waals surface area contributed by atoms with Gasteiger partial charge in [-0.25, -0.2) is 0 Å². The van der Waals surface area contributed by atoms with Crippen LogP contribution in [0.1, 0.15) is 0 Å². The second-order valence-corrected chi connectivity index (χ2v) is 5.28. The minimum atomic E-state index is -0.757. The molecule has 0 fully saturated rings. The van der Waals surface area contributed by atoms with Crippen LogP contribution in [0.4, 0.5) is 11.4 Å². The molecule has 2 rings (SSSR count). The van der Waals surface area contributed by atoms with E-state index in [9.17, 15) is 9.59 Å². The van der Waals surface area contributed by atoms with E-state index in [1.807, 2.05) is 6.07 Å². The highest BCUT2D eigenvalue weighted by Gasteiger charge is 2.14. The molecule has 0 spiro atoms. The van der Waals surface area contributed by atoms with Gasteiger partial charge in [-0.15, -0.1) is 0 Å². The molecule has 0 atom stereocenters. The molecule has 0 aliphatic rings. The summed E-state index contributed by atoms with van der Waals surface area (Å²) < 4.78 is 0.811. The van der Waals surface area contributed by atoms with E-state index in [0.717, 1.165) is 4.47 Å². The Labute approximate surface area is 129 Å². The van der Waals surface area contributed by atoms with Crippen molar-refractivity contribution in [3.8, 4) is 0 Å². The first-order valence-electron chi connectivity index (χ1n) is 5.68. The highest BCUT2D eigenvalue weighted by Crippen LogP contribution is 2.16. The number of anilines is 2. The van der Waals surface area contributed by atoms with Crippen LogP contribution in [0.2, 0.25) is 5.02 Å². The van der Waals surface area contributed by atoms with Crippen molar-refractivity contribution in [2.45, 2.75) is 0 Å². The number of carbonyl (C=O) groups excluding carboxylic acids is 2. The van der Waals surface area contributed by atoms with E-state index < -0.39 is 11.8 Å². The number of carbonyl (C=O) groups is 2. The molecule has 2 aromatic rings. The van der Waals surface area contributed by atoms with Gasteiger partial charge in [0.25, 0.3) is 0 Å². The first kappa shape index (κ1) is 14.6. The molecule has 2 N–H and O–H groups in total. The Bertz CT molecular complexity index is 604. The van der Waals surface area contributed by atoms with Gasteiger partial charge in [0.1, 0.15) is 0 Å². The number of rotatable bonds is 2.